The highest BCUT2D eigenvalue weighted by Gasteiger charge is 2.35. The Bertz CT molecular complexity index is 2430. The van der Waals surface area contributed by atoms with E-state index in [2.05, 4.69) is 75.5 Å². The molecular weight excluding hydrogens is 890 g/mol. The first kappa shape index (κ1) is 34.7. The quantitative estimate of drug-likeness (QED) is 0.0827. The molecule has 5 aromatic carbocycles. The molecule has 0 saturated carbocycles. The van der Waals surface area contributed by atoms with Crippen molar-refractivity contribution in [1.29, 1.82) is 0 Å². The third-order valence-electron chi connectivity index (χ3n) is 8.38. The van der Waals surface area contributed by atoms with E-state index in [1.807, 2.05) is 91.2 Å². The van der Waals surface area contributed by atoms with Crippen molar-refractivity contribution in [2.45, 2.75) is 24.5 Å². The fraction of sp³-hybridized carbons (Fsp3) is 0.125. The number of hydrogen-bond donors (Lipinski definition) is 0. The van der Waals surface area contributed by atoms with Crippen LogP contribution in [0.1, 0.15) is 35.2 Å². The SMILES string of the molecule is CCOC(=O)C1=C(c2ccccc2)N=c2s/c(=C\c3cc(I)c(OCc4cccc5ccccc45)c(I)c3)c(=O)n2[C@H]1c1ccc(SC)cc1. The first-order valence-corrected chi connectivity index (χ1v) is 20.1. The van der Waals surface area contributed by atoms with E-state index >= 15 is 0 Å². The molecule has 10 heteroatoms. The van der Waals surface area contributed by atoms with Gasteiger partial charge in [-0.15, -0.1) is 11.8 Å². The summed E-state index contributed by atoms with van der Waals surface area (Å²) in [5, 5.41) is 2.35. The van der Waals surface area contributed by atoms with Crippen LogP contribution in [-0.2, 0) is 16.1 Å². The molecule has 1 aliphatic rings. The van der Waals surface area contributed by atoms with Gasteiger partial charge in [0.2, 0.25) is 0 Å². The molecule has 0 unspecified atom stereocenters. The van der Waals surface area contributed by atoms with Gasteiger partial charge in [-0.2, -0.15) is 0 Å². The van der Waals surface area contributed by atoms with Gasteiger partial charge in [-0.25, -0.2) is 9.79 Å². The highest BCUT2D eigenvalue weighted by atomic mass is 127. The Balaban J connectivity index is 1.32. The molecule has 0 radical (unpaired) electrons. The molecule has 1 aliphatic heterocycles. The number of carbonyl (C=O) groups is 1. The normalized spacial score (nSPS) is 14.4. The summed E-state index contributed by atoms with van der Waals surface area (Å²) in [4.78, 5) is 34.7. The Hall–Kier alpha value is -3.72. The zero-order chi connectivity index (χ0) is 34.8. The van der Waals surface area contributed by atoms with Crippen molar-refractivity contribution in [2.24, 2.45) is 4.99 Å². The standard InChI is InChI=1S/C40H30I2N2O4S2/c1-3-47-39(46)34-35(26-11-5-4-6-12-26)43-40-44(36(34)27-16-18-29(49-2)19-17-27)38(45)33(50-40)22-24-20-31(41)37(32(42)21-24)48-23-28-14-9-13-25-10-7-8-15-30(25)28/h4-22,36H,3,23H2,1-2H3/b33-22-/t36-/m0/s1. The summed E-state index contributed by atoms with van der Waals surface area (Å²) < 4.78 is 16.0. The van der Waals surface area contributed by atoms with E-state index in [0.29, 0.717) is 27.2 Å². The van der Waals surface area contributed by atoms with Crippen LogP contribution in [0, 0.1) is 7.14 Å². The number of thioether (sulfide) groups is 1. The fourth-order valence-corrected chi connectivity index (χ4v) is 9.60. The van der Waals surface area contributed by atoms with E-state index < -0.39 is 12.0 Å². The second-order valence-electron chi connectivity index (χ2n) is 11.4. The largest absolute Gasteiger partial charge is 0.487 e. The minimum Gasteiger partial charge on any atom is -0.487 e. The number of ether oxygens (including phenoxy) is 2. The van der Waals surface area contributed by atoms with Crippen molar-refractivity contribution >= 4 is 96.8 Å². The molecule has 0 N–H and O–H groups in total. The number of nitrogens with zero attached hydrogens (tertiary/aromatic N) is 2. The van der Waals surface area contributed by atoms with Gasteiger partial charge < -0.3 is 9.47 Å². The van der Waals surface area contributed by atoms with E-state index in [-0.39, 0.29) is 12.2 Å². The number of rotatable bonds is 9. The van der Waals surface area contributed by atoms with Gasteiger partial charge in [0.25, 0.3) is 5.56 Å². The maximum atomic E-state index is 14.4. The molecule has 0 saturated heterocycles. The van der Waals surface area contributed by atoms with E-state index in [4.69, 9.17) is 14.5 Å². The average molecular weight is 921 g/mol. The maximum absolute atomic E-state index is 14.4. The van der Waals surface area contributed by atoms with Crippen LogP contribution in [0.2, 0.25) is 0 Å². The number of aromatic nitrogens is 1. The number of fused-ring (bicyclic) bond motifs is 2. The molecule has 1 aromatic heterocycles. The highest BCUT2D eigenvalue weighted by molar-refractivity contribution is 14.1. The van der Waals surface area contributed by atoms with Crippen molar-refractivity contribution in [3.63, 3.8) is 0 Å². The van der Waals surface area contributed by atoms with E-state index in [9.17, 15) is 9.59 Å². The van der Waals surface area contributed by atoms with Crippen molar-refractivity contribution in [1.82, 2.24) is 4.57 Å². The number of halogens is 2. The van der Waals surface area contributed by atoms with Gasteiger partial charge in [-0.05, 0) is 116 Å². The van der Waals surface area contributed by atoms with Crippen molar-refractivity contribution < 1.29 is 14.3 Å². The van der Waals surface area contributed by atoms with Gasteiger partial charge in [-0.1, -0.05) is 96.3 Å². The lowest BCUT2D eigenvalue weighted by Gasteiger charge is -2.26. The molecule has 0 fully saturated rings. The number of carbonyl (C=O) groups excluding carboxylic acids is 1. The Morgan fingerprint density at radius 3 is 2.36 bits per heavy atom. The molecule has 0 spiro atoms. The number of benzene rings is 5. The fourth-order valence-electron chi connectivity index (χ4n) is 6.06. The Morgan fingerprint density at radius 2 is 1.64 bits per heavy atom. The van der Waals surface area contributed by atoms with E-state index in [0.717, 1.165) is 40.0 Å². The number of thiazole rings is 1. The van der Waals surface area contributed by atoms with Crippen LogP contribution in [0.4, 0.5) is 0 Å². The summed E-state index contributed by atoms with van der Waals surface area (Å²) in [6.07, 6.45) is 3.91. The molecule has 0 aliphatic carbocycles. The zero-order valence-electron chi connectivity index (χ0n) is 27.1. The van der Waals surface area contributed by atoms with E-state index in [1.165, 1.54) is 22.1 Å². The first-order valence-electron chi connectivity index (χ1n) is 15.9. The van der Waals surface area contributed by atoms with Crippen LogP contribution >= 0.6 is 68.3 Å². The lowest BCUT2D eigenvalue weighted by atomic mass is 9.93. The molecule has 7 rings (SSSR count). The molecule has 6 nitrogen and oxygen atoms in total. The maximum Gasteiger partial charge on any atom is 0.338 e. The summed E-state index contributed by atoms with van der Waals surface area (Å²) in [5.41, 5.74) is 4.20. The lowest BCUT2D eigenvalue weighted by Crippen LogP contribution is -2.40. The van der Waals surface area contributed by atoms with Crippen LogP contribution in [0.3, 0.4) is 0 Å². The van der Waals surface area contributed by atoms with Crippen molar-refractivity contribution in [2.75, 3.05) is 12.9 Å². The second-order valence-corrected chi connectivity index (χ2v) is 15.7. The molecule has 0 bridgehead atoms. The smallest absolute Gasteiger partial charge is 0.338 e. The summed E-state index contributed by atoms with van der Waals surface area (Å²) in [5.74, 6) is 0.310. The van der Waals surface area contributed by atoms with Crippen LogP contribution < -0.4 is 19.6 Å². The lowest BCUT2D eigenvalue weighted by molar-refractivity contribution is -0.138. The third kappa shape index (κ3) is 6.95. The monoisotopic (exact) mass is 920 g/mol. The van der Waals surface area contributed by atoms with Crippen LogP contribution in [0.15, 0.2) is 129 Å². The van der Waals surface area contributed by atoms with Gasteiger partial charge in [0.1, 0.15) is 12.4 Å². The zero-order valence-corrected chi connectivity index (χ0v) is 33.0. The minimum absolute atomic E-state index is 0.200. The summed E-state index contributed by atoms with van der Waals surface area (Å²) in [7, 11) is 0. The Kier molecular flexibility index (Phi) is 10.6. The molecule has 6 aromatic rings. The highest BCUT2D eigenvalue weighted by Crippen LogP contribution is 2.36. The summed E-state index contributed by atoms with van der Waals surface area (Å²) in [6.45, 7) is 2.42. The van der Waals surface area contributed by atoms with Crippen LogP contribution in [-0.4, -0.2) is 23.4 Å². The minimum atomic E-state index is -0.719. The first-order chi connectivity index (χ1) is 24.4. The Morgan fingerprint density at radius 1 is 0.940 bits per heavy atom. The summed E-state index contributed by atoms with van der Waals surface area (Å²) in [6, 6.07) is 35.5. The predicted molar refractivity (Wildman–Crippen MR) is 219 cm³/mol. The van der Waals surface area contributed by atoms with Gasteiger partial charge in [0.15, 0.2) is 4.80 Å². The third-order valence-corrected chi connectivity index (χ3v) is 11.7. The van der Waals surface area contributed by atoms with Crippen LogP contribution in [0.25, 0.3) is 22.5 Å². The molecule has 1 atom stereocenters. The van der Waals surface area contributed by atoms with Gasteiger partial charge >= 0.3 is 5.97 Å². The number of esters is 1. The topological polar surface area (TPSA) is 69.9 Å². The molecule has 250 valence electrons. The molecule has 0 amide bonds. The number of hydrogen-bond acceptors (Lipinski definition) is 7. The molecular formula is C40H30I2N2O4S2. The van der Waals surface area contributed by atoms with Gasteiger partial charge in [-0.3, -0.25) is 9.36 Å². The van der Waals surface area contributed by atoms with Crippen LogP contribution in [0.5, 0.6) is 5.75 Å². The molecule has 2 heterocycles. The van der Waals surface area contributed by atoms with E-state index in [1.54, 1.807) is 23.3 Å². The predicted octanol–water partition coefficient (Wildman–Crippen LogP) is 8.60. The molecule has 50 heavy (non-hydrogen) atoms. The summed E-state index contributed by atoms with van der Waals surface area (Å²) >= 11 is 7.54. The van der Waals surface area contributed by atoms with Gasteiger partial charge in [0.05, 0.1) is 35.6 Å². The van der Waals surface area contributed by atoms with Crippen molar-refractivity contribution in [3.8, 4) is 5.75 Å². The Labute approximate surface area is 324 Å². The second kappa shape index (κ2) is 15.3. The van der Waals surface area contributed by atoms with Crippen molar-refractivity contribution in [3.05, 3.63) is 164 Å². The van der Waals surface area contributed by atoms with Gasteiger partial charge in [0, 0.05) is 10.5 Å². The average Bonchev–Trinajstić information content (AvgIpc) is 3.44.